The van der Waals surface area contributed by atoms with Gasteiger partial charge in [0.2, 0.25) is 10.0 Å². The summed E-state index contributed by atoms with van der Waals surface area (Å²) in [6, 6.07) is 14.8. The summed E-state index contributed by atoms with van der Waals surface area (Å²) < 4.78 is 32.6. The molecule has 0 amide bonds. The van der Waals surface area contributed by atoms with Gasteiger partial charge in [-0.05, 0) is 41.0 Å². The van der Waals surface area contributed by atoms with Gasteiger partial charge in [-0.1, -0.05) is 18.2 Å². The van der Waals surface area contributed by atoms with Gasteiger partial charge >= 0.3 is 0 Å². The van der Waals surface area contributed by atoms with E-state index in [1.807, 2.05) is 30.3 Å². The van der Waals surface area contributed by atoms with Gasteiger partial charge in [-0.15, -0.1) is 0 Å². The summed E-state index contributed by atoms with van der Waals surface area (Å²) >= 11 is 0. The Hall–Kier alpha value is -2.82. The molecular formula is C19H19N3O3S. The average molecular weight is 369 g/mol. The van der Waals surface area contributed by atoms with Crippen molar-refractivity contribution in [2.24, 2.45) is 0 Å². The molecule has 0 radical (unpaired) electrons. The average Bonchev–Trinajstić information content (AvgIpc) is 3.03. The molecule has 0 saturated heterocycles. The molecule has 1 aromatic heterocycles. The zero-order valence-electron chi connectivity index (χ0n) is 14.3. The van der Waals surface area contributed by atoms with Gasteiger partial charge in [0.15, 0.2) is 0 Å². The van der Waals surface area contributed by atoms with Crippen molar-refractivity contribution in [1.29, 1.82) is 5.26 Å². The Balaban J connectivity index is 1.73. The van der Waals surface area contributed by atoms with Gasteiger partial charge in [0.05, 0.1) is 25.4 Å². The van der Waals surface area contributed by atoms with Crippen molar-refractivity contribution in [2.45, 2.75) is 18.7 Å². The molecule has 0 aliphatic rings. The second-order valence-electron chi connectivity index (χ2n) is 5.96. The minimum absolute atomic E-state index is 0.121. The second-order valence-corrected chi connectivity index (χ2v) is 7.77. The SMILES string of the molecule is COc1cccc(CNS(=O)(=O)Cc2ccc3[nH]cc(CC#N)c3c2)c1. The molecule has 0 spiro atoms. The molecule has 0 atom stereocenters. The third kappa shape index (κ3) is 4.23. The first-order chi connectivity index (χ1) is 12.5. The number of benzene rings is 2. The number of aromatic nitrogens is 1. The first-order valence-electron chi connectivity index (χ1n) is 8.07. The molecule has 6 nitrogen and oxygen atoms in total. The van der Waals surface area contributed by atoms with E-state index in [2.05, 4.69) is 15.8 Å². The lowest BCUT2D eigenvalue weighted by atomic mass is 10.1. The number of aromatic amines is 1. The number of hydrogen-bond donors (Lipinski definition) is 2. The summed E-state index contributed by atoms with van der Waals surface area (Å²) in [5, 5.41) is 9.77. The zero-order chi connectivity index (χ0) is 18.6. The van der Waals surface area contributed by atoms with E-state index in [0.717, 1.165) is 22.0 Å². The van der Waals surface area contributed by atoms with Gasteiger partial charge < -0.3 is 9.72 Å². The van der Waals surface area contributed by atoms with Crippen LogP contribution in [-0.2, 0) is 28.7 Å². The number of nitrogens with zero attached hydrogens (tertiary/aromatic N) is 1. The molecular weight excluding hydrogens is 350 g/mol. The quantitative estimate of drug-likeness (QED) is 0.669. The normalized spacial score (nSPS) is 11.4. The Morgan fingerprint density at radius 2 is 2.04 bits per heavy atom. The van der Waals surface area contributed by atoms with E-state index in [-0.39, 0.29) is 18.7 Å². The molecule has 3 rings (SSSR count). The number of methoxy groups -OCH3 is 1. The number of fused-ring (bicyclic) bond motifs is 1. The zero-order valence-corrected chi connectivity index (χ0v) is 15.1. The molecule has 0 saturated carbocycles. The largest absolute Gasteiger partial charge is 0.497 e. The van der Waals surface area contributed by atoms with E-state index >= 15 is 0 Å². The van der Waals surface area contributed by atoms with Crippen LogP contribution in [0.25, 0.3) is 10.9 Å². The van der Waals surface area contributed by atoms with Gasteiger partial charge in [0.25, 0.3) is 0 Å². The highest BCUT2D eigenvalue weighted by molar-refractivity contribution is 7.88. The van der Waals surface area contributed by atoms with Crippen molar-refractivity contribution in [1.82, 2.24) is 9.71 Å². The van der Waals surface area contributed by atoms with Gasteiger partial charge in [0.1, 0.15) is 5.75 Å². The Kier molecular flexibility index (Phi) is 5.26. The van der Waals surface area contributed by atoms with Crippen LogP contribution in [0, 0.1) is 11.3 Å². The van der Waals surface area contributed by atoms with Gasteiger partial charge in [-0.3, -0.25) is 0 Å². The standard InChI is InChI=1S/C19H19N3O3S/c1-25-17-4-2-3-14(9-17)11-22-26(23,24)13-15-5-6-19-18(10-15)16(7-8-20)12-21-19/h2-6,9-10,12,21-22H,7,11,13H2,1H3. The van der Waals surface area contributed by atoms with Gasteiger partial charge in [0, 0.05) is 23.6 Å². The topological polar surface area (TPSA) is 95.0 Å². The fourth-order valence-electron chi connectivity index (χ4n) is 2.79. The summed E-state index contributed by atoms with van der Waals surface area (Å²) in [6.07, 6.45) is 2.07. The first-order valence-corrected chi connectivity index (χ1v) is 9.72. The fraction of sp³-hybridized carbons (Fsp3) is 0.211. The molecule has 7 heteroatoms. The molecule has 0 aliphatic heterocycles. The predicted molar refractivity (Wildman–Crippen MR) is 100 cm³/mol. The third-order valence-electron chi connectivity index (χ3n) is 4.09. The minimum atomic E-state index is -3.50. The van der Waals surface area contributed by atoms with Crippen LogP contribution in [0.15, 0.2) is 48.7 Å². The van der Waals surface area contributed by atoms with Crippen LogP contribution in [0.2, 0.25) is 0 Å². The van der Waals surface area contributed by atoms with E-state index in [4.69, 9.17) is 10.00 Å². The molecule has 2 N–H and O–H groups in total. The van der Waals surface area contributed by atoms with Crippen LogP contribution in [0.1, 0.15) is 16.7 Å². The molecule has 134 valence electrons. The number of hydrogen-bond acceptors (Lipinski definition) is 4. The van der Waals surface area contributed by atoms with Crippen LogP contribution < -0.4 is 9.46 Å². The lowest BCUT2D eigenvalue weighted by molar-refractivity contribution is 0.414. The summed E-state index contributed by atoms with van der Waals surface area (Å²) in [7, 11) is -1.92. The maximum atomic E-state index is 12.4. The Morgan fingerprint density at radius 3 is 2.81 bits per heavy atom. The Labute approximate surface area is 152 Å². The second kappa shape index (κ2) is 7.60. The van der Waals surface area contributed by atoms with Gasteiger partial charge in [-0.2, -0.15) is 5.26 Å². The number of sulfonamides is 1. The van der Waals surface area contributed by atoms with Crippen LogP contribution in [0.3, 0.4) is 0 Å². The fourth-order valence-corrected chi connectivity index (χ4v) is 3.90. The molecule has 26 heavy (non-hydrogen) atoms. The number of nitrogens with one attached hydrogen (secondary N) is 2. The van der Waals surface area contributed by atoms with Crippen LogP contribution >= 0.6 is 0 Å². The molecule has 3 aromatic rings. The lowest BCUT2D eigenvalue weighted by Crippen LogP contribution is -2.24. The first kappa shape index (κ1) is 18.0. The van der Waals surface area contributed by atoms with E-state index in [1.54, 1.807) is 25.4 Å². The summed E-state index contributed by atoms with van der Waals surface area (Å²) in [4.78, 5) is 3.09. The van der Waals surface area contributed by atoms with Crippen LogP contribution in [0.5, 0.6) is 5.75 Å². The van der Waals surface area contributed by atoms with E-state index in [1.165, 1.54) is 0 Å². The third-order valence-corrected chi connectivity index (χ3v) is 5.39. The molecule has 1 heterocycles. The lowest BCUT2D eigenvalue weighted by Gasteiger charge is -2.08. The number of rotatable bonds is 7. The highest BCUT2D eigenvalue weighted by Crippen LogP contribution is 2.21. The maximum Gasteiger partial charge on any atom is 0.216 e. The monoisotopic (exact) mass is 369 g/mol. The van der Waals surface area contributed by atoms with Crippen LogP contribution in [0.4, 0.5) is 0 Å². The molecule has 0 bridgehead atoms. The summed E-state index contributed by atoms with van der Waals surface area (Å²) in [6.45, 7) is 0.200. The highest BCUT2D eigenvalue weighted by Gasteiger charge is 2.13. The molecule has 0 fully saturated rings. The predicted octanol–water partition coefficient (Wildman–Crippen LogP) is 2.86. The summed E-state index contributed by atoms with van der Waals surface area (Å²) in [5.74, 6) is 0.564. The number of nitriles is 1. The Morgan fingerprint density at radius 1 is 1.19 bits per heavy atom. The number of H-pyrrole nitrogens is 1. The minimum Gasteiger partial charge on any atom is -0.497 e. The van der Waals surface area contributed by atoms with E-state index < -0.39 is 10.0 Å². The van der Waals surface area contributed by atoms with E-state index in [9.17, 15) is 8.42 Å². The summed E-state index contributed by atoms with van der Waals surface area (Å²) in [5.41, 5.74) is 3.26. The molecule has 0 aliphatic carbocycles. The van der Waals surface area contributed by atoms with E-state index in [0.29, 0.717) is 11.3 Å². The van der Waals surface area contributed by atoms with Crippen molar-refractivity contribution < 1.29 is 13.2 Å². The molecule has 0 unspecified atom stereocenters. The van der Waals surface area contributed by atoms with Crippen molar-refractivity contribution in [3.8, 4) is 11.8 Å². The van der Waals surface area contributed by atoms with Crippen molar-refractivity contribution >= 4 is 20.9 Å². The van der Waals surface area contributed by atoms with Crippen LogP contribution in [-0.4, -0.2) is 20.5 Å². The maximum absolute atomic E-state index is 12.4. The van der Waals surface area contributed by atoms with Crippen molar-refractivity contribution in [3.63, 3.8) is 0 Å². The van der Waals surface area contributed by atoms with Crippen molar-refractivity contribution in [3.05, 3.63) is 65.4 Å². The van der Waals surface area contributed by atoms with Crippen molar-refractivity contribution in [2.75, 3.05) is 7.11 Å². The smallest absolute Gasteiger partial charge is 0.216 e. The Bertz CT molecular complexity index is 1070. The number of ether oxygens (including phenoxy) is 1. The van der Waals surface area contributed by atoms with Gasteiger partial charge in [-0.25, -0.2) is 13.1 Å². The highest BCUT2D eigenvalue weighted by atomic mass is 32.2. The molecule has 2 aromatic carbocycles.